The molecule has 0 saturated heterocycles. The molecule has 0 bridgehead atoms. The average Bonchev–Trinajstić information content (AvgIpc) is 3.13. The van der Waals surface area contributed by atoms with Crippen LogP contribution in [0.25, 0.3) is 0 Å². The summed E-state index contributed by atoms with van der Waals surface area (Å²) in [5.41, 5.74) is 0.112. The van der Waals surface area contributed by atoms with Gasteiger partial charge >= 0.3 is 6.09 Å². The highest BCUT2D eigenvalue weighted by Gasteiger charge is 2.70. The molecule has 0 aromatic heterocycles. The van der Waals surface area contributed by atoms with E-state index >= 15 is 0 Å². The monoisotopic (exact) mass is 570 g/mol. The average molecular weight is 571 g/mol. The minimum Gasteiger partial charge on any atom is -0.465 e. The van der Waals surface area contributed by atoms with Crippen molar-refractivity contribution in [1.29, 1.82) is 0 Å². The summed E-state index contributed by atoms with van der Waals surface area (Å²) in [6, 6.07) is 0. The van der Waals surface area contributed by atoms with E-state index in [1.165, 1.54) is 0 Å². The molecule has 0 aliphatic heterocycles. The third-order valence-corrected chi connectivity index (χ3v) is 13.8. The van der Waals surface area contributed by atoms with Crippen molar-refractivity contribution in [3.8, 4) is 0 Å². The molecule has 0 radical (unpaired) electrons. The summed E-state index contributed by atoms with van der Waals surface area (Å²) in [6.07, 6.45) is 6.63. The number of rotatable bonds is 4. The first-order valence-corrected chi connectivity index (χ1v) is 16.1. The van der Waals surface area contributed by atoms with E-state index in [0.717, 1.165) is 56.1 Å². The van der Waals surface area contributed by atoms with Crippen molar-refractivity contribution in [3.05, 3.63) is 11.1 Å². The Bertz CT molecular complexity index is 1190. The maximum Gasteiger partial charge on any atom is 0.405 e. The van der Waals surface area contributed by atoms with E-state index in [2.05, 4.69) is 59.1 Å². The minimum atomic E-state index is -1.31. The summed E-state index contributed by atoms with van der Waals surface area (Å²) >= 11 is 0. The van der Waals surface area contributed by atoms with Crippen molar-refractivity contribution in [2.75, 3.05) is 0 Å². The lowest BCUT2D eigenvalue weighted by molar-refractivity contribution is -0.227. The highest BCUT2D eigenvalue weighted by molar-refractivity contribution is 6.03. The Kier molecular flexibility index (Phi) is 6.94. The number of aliphatic hydroxyl groups is 1. The number of Topliss-reactive ketones (excluding diaryl/α,β-unsaturated/α-hetero) is 1. The molecule has 5 aliphatic rings. The van der Waals surface area contributed by atoms with Crippen molar-refractivity contribution in [1.82, 2.24) is 10.6 Å². The molecular formula is C34H54N2O5. The summed E-state index contributed by atoms with van der Waals surface area (Å²) in [5, 5.41) is 26.0. The van der Waals surface area contributed by atoms with Gasteiger partial charge in [-0.15, -0.1) is 0 Å². The molecule has 5 rings (SSSR count). The first-order valence-electron chi connectivity index (χ1n) is 16.1. The van der Waals surface area contributed by atoms with Crippen LogP contribution in [0.1, 0.15) is 120 Å². The summed E-state index contributed by atoms with van der Waals surface area (Å²) < 4.78 is 0. The number of hydrogen-bond acceptors (Lipinski definition) is 4. The van der Waals surface area contributed by atoms with Gasteiger partial charge in [0.15, 0.2) is 5.78 Å². The molecule has 8 atom stereocenters. The van der Waals surface area contributed by atoms with E-state index in [0.29, 0.717) is 18.3 Å². The van der Waals surface area contributed by atoms with E-state index in [1.807, 2.05) is 0 Å². The zero-order valence-electron chi connectivity index (χ0n) is 26.9. The van der Waals surface area contributed by atoms with Crippen LogP contribution < -0.4 is 10.6 Å². The minimum absolute atomic E-state index is 0.0206. The number of carboxylic acid groups (broad SMARTS) is 1. The lowest BCUT2D eigenvalue weighted by Gasteiger charge is -2.72. The van der Waals surface area contributed by atoms with Gasteiger partial charge < -0.3 is 20.8 Å². The SMILES string of the molecule is CC(C)C1=C2[C@H]3CC[C@@H]4[C@@]5(C)CC[C@H](O)C(C)(C)[C@@H]5CC[C@@]4(C)[C@]3(C)CC[C@@]2(NC(=O)C(C)(C)NC(=O)O)CC1=O. The molecule has 4 saturated carbocycles. The Labute approximate surface area is 246 Å². The standard InChI is InChI=1S/C34H54N2O5/c1-19(2)25-21(37)18-34(35-27(39)30(5,6)36-28(40)41)17-16-32(8)20(26(25)34)10-11-23-31(7)14-13-24(38)29(3,4)22(31)12-15-33(23,32)9/h19-20,22-24,36,38H,10-18H2,1-9H3,(H,35,39)(H,40,41)/t20-,22+,23-,24+,31+,32-,33-,34-/m1/s1. The van der Waals surface area contributed by atoms with Crippen molar-refractivity contribution in [2.45, 2.75) is 137 Å². The van der Waals surface area contributed by atoms with Gasteiger partial charge in [-0.1, -0.05) is 48.5 Å². The van der Waals surface area contributed by atoms with Gasteiger partial charge in [-0.3, -0.25) is 9.59 Å². The fourth-order valence-corrected chi connectivity index (χ4v) is 11.4. The maximum absolute atomic E-state index is 13.7. The van der Waals surface area contributed by atoms with Crippen LogP contribution in [0.4, 0.5) is 4.79 Å². The Morgan fingerprint density at radius 2 is 1.56 bits per heavy atom. The topological polar surface area (TPSA) is 116 Å². The Hall–Kier alpha value is -1.89. The molecule has 7 heteroatoms. The molecule has 7 nitrogen and oxygen atoms in total. The fraction of sp³-hybridized carbons (Fsp3) is 0.853. The Balaban J connectivity index is 1.56. The normalized spacial score (nSPS) is 43.5. The zero-order chi connectivity index (χ0) is 30.6. The second-order valence-corrected chi connectivity index (χ2v) is 16.7. The number of amides is 2. The molecule has 0 spiro atoms. The summed E-state index contributed by atoms with van der Waals surface area (Å²) in [4.78, 5) is 38.8. The predicted molar refractivity (Wildman–Crippen MR) is 159 cm³/mol. The third kappa shape index (κ3) is 4.10. The second-order valence-electron chi connectivity index (χ2n) is 16.7. The smallest absolute Gasteiger partial charge is 0.405 e. The number of hydrogen-bond donors (Lipinski definition) is 4. The highest BCUT2D eigenvalue weighted by Crippen LogP contribution is 2.75. The number of carbonyl (C=O) groups is 3. The first-order chi connectivity index (χ1) is 18.8. The van der Waals surface area contributed by atoms with Crippen LogP contribution in [-0.4, -0.2) is 45.2 Å². The number of nitrogens with one attached hydrogen (secondary N) is 2. The van der Waals surface area contributed by atoms with Gasteiger partial charge in [-0.25, -0.2) is 4.79 Å². The van der Waals surface area contributed by atoms with Crippen LogP contribution in [0, 0.1) is 45.3 Å². The quantitative estimate of drug-likeness (QED) is 0.319. The van der Waals surface area contributed by atoms with E-state index in [4.69, 9.17) is 0 Å². The molecule has 0 heterocycles. The molecule has 4 fully saturated rings. The molecule has 2 amide bonds. The van der Waals surface area contributed by atoms with Gasteiger partial charge in [-0.05, 0) is 122 Å². The van der Waals surface area contributed by atoms with Crippen LogP contribution in [0.15, 0.2) is 11.1 Å². The van der Waals surface area contributed by atoms with E-state index in [9.17, 15) is 24.6 Å². The summed E-state index contributed by atoms with van der Waals surface area (Å²) in [6.45, 7) is 19.4. The Morgan fingerprint density at radius 1 is 0.902 bits per heavy atom. The van der Waals surface area contributed by atoms with E-state index < -0.39 is 17.2 Å². The molecule has 0 aromatic carbocycles. The highest BCUT2D eigenvalue weighted by atomic mass is 16.4. The fourth-order valence-electron chi connectivity index (χ4n) is 11.4. The number of ketones is 1. The molecule has 230 valence electrons. The van der Waals surface area contributed by atoms with Crippen molar-refractivity contribution in [3.63, 3.8) is 0 Å². The third-order valence-electron chi connectivity index (χ3n) is 13.8. The Morgan fingerprint density at radius 3 is 2.17 bits per heavy atom. The predicted octanol–water partition coefficient (Wildman–Crippen LogP) is 6.24. The van der Waals surface area contributed by atoms with Gasteiger partial charge in [0, 0.05) is 6.42 Å². The van der Waals surface area contributed by atoms with Crippen LogP contribution in [0.3, 0.4) is 0 Å². The maximum atomic E-state index is 13.7. The number of carbonyl (C=O) groups excluding carboxylic acids is 2. The first kappa shape index (κ1) is 30.6. The molecule has 4 N–H and O–H groups in total. The molecular weight excluding hydrogens is 516 g/mol. The van der Waals surface area contributed by atoms with Crippen LogP contribution in [0.5, 0.6) is 0 Å². The van der Waals surface area contributed by atoms with Gasteiger partial charge in [0.25, 0.3) is 0 Å². The van der Waals surface area contributed by atoms with Crippen molar-refractivity contribution in [2.24, 2.45) is 45.3 Å². The molecule has 0 unspecified atom stereocenters. The van der Waals surface area contributed by atoms with Crippen molar-refractivity contribution >= 4 is 17.8 Å². The molecule has 41 heavy (non-hydrogen) atoms. The van der Waals surface area contributed by atoms with Crippen LogP contribution in [0.2, 0.25) is 0 Å². The summed E-state index contributed by atoms with van der Waals surface area (Å²) in [5.74, 6) is 1.04. The van der Waals surface area contributed by atoms with Gasteiger partial charge in [0.2, 0.25) is 5.91 Å². The van der Waals surface area contributed by atoms with E-state index in [1.54, 1.807) is 13.8 Å². The van der Waals surface area contributed by atoms with Crippen LogP contribution >= 0.6 is 0 Å². The van der Waals surface area contributed by atoms with Gasteiger partial charge in [-0.2, -0.15) is 0 Å². The lowest BCUT2D eigenvalue weighted by Crippen LogP contribution is -2.68. The second kappa shape index (κ2) is 9.30. The van der Waals surface area contributed by atoms with Gasteiger partial charge in [0.1, 0.15) is 5.54 Å². The van der Waals surface area contributed by atoms with Crippen molar-refractivity contribution < 1.29 is 24.6 Å². The zero-order valence-corrected chi connectivity index (χ0v) is 26.9. The molecule has 0 aromatic rings. The number of allylic oxidation sites excluding steroid dienone is 1. The van der Waals surface area contributed by atoms with Gasteiger partial charge in [0.05, 0.1) is 11.6 Å². The summed E-state index contributed by atoms with van der Waals surface area (Å²) in [7, 11) is 0. The number of fused-ring (bicyclic) bond motifs is 7. The van der Waals surface area contributed by atoms with Crippen LogP contribution in [-0.2, 0) is 9.59 Å². The van der Waals surface area contributed by atoms with E-state index in [-0.39, 0.29) is 57.7 Å². The molecule has 5 aliphatic carbocycles. The number of aliphatic hydroxyl groups excluding tert-OH is 1. The largest absolute Gasteiger partial charge is 0.465 e. The lowest BCUT2D eigenvalue weighted by atomic mass is 9.33.